The summed E-state index contributed by atoms with van der Waals surface area (Å²) in [4.78, 5) is 13.6. The average Bonchev–Trinajstić information content (AvgIpc) is 2.88. The Kier molecular flexibility index (Phi) is 3.94. The van der Waals surface area contributed by atoms with Crippen molar-refractivity contribution in [1.29, 1.82) is 0 Å². The van der Waals surface area contributed by atoms with Crippen LogP contribution in [0.25, 0.3) is 10.9 Å². The lowest BCUT2D eigenvalue weighted by atomic mass is 10.1. The summed E-state index contributed by atoms with van der Waals surface area (Å²) in [7, 11) is 0. The molecule has 4 rings (SSSR count). The van der Waals surface area contributed by atoms with E-state index in [4.69, 9.17) is 0 Å². The van der Waals surface area contributed by atoms with Gasteiger partial charge in [-0.2, -0.15) is 5.10 Å². The minimum atomic E-state index is 0.913. The van der Waals surface area contributed by atoms with Gasteiger partial charge in [0.2, 0.25) is 0 Å². The summed E-state index contributed by atoms with van der Waals surface area (Å²) in [5, 5.41) is 9.36. The Hall–Kier alpha value is -2.76. The van der Waals surface area contributed by atoms with Crippen molar-refractivity contribution < 1.29 is 0 Å². The first kappa shape index (κ1) is 14.8. The summed E-state index contributed by atoms with van der Waals surface area (Å²) >= 11 is 0. The lowest BCUT2D eigenvalue weighted by molar-refractivity contribution is 0.785. The molecule has 1 aliphatic rings. The first-order chi connectivity index (χ1) is 11.8. The number of anilines is 2. The van der Waals surface area contributed by atoms with Gasteiger partial charge in [-0.1, -0.05) is 11.6 Å². The van der Waals surface area contributed by atoms with Gasteiger partial charge in [0.15, 0.2) is 5.82 Å². The molecular formula is C18H20N6. The molecule has 3 heterocycles. The van der Waals surface area contributed by atoms with Crippen LogP contribution in [0, 0.1) is 6.92 Å². The highest BCUT2D eigenvalue weighted by molar-refractivity contribution is 5.89. The minimum absolute atomic E-state index is 0.913. The summed E-state index contributed by atoms with van der Waals surface area (Å²) in [5.74, 6) is 1.98. The van der Waals surface area contributed by atoms with Crippen molar-refractivity contribution in [1.82, 2.24) is 20.2 Å². The van der Waals surface area contributed by atoms with E-state index in [1.54, 1.807) is 12.5 Å². The van der Waals surface area contributed by atoms with Crippen LogP contribution in [0.1, 0.15) is 12.0 Å². The predicted octanol–water partition coefficient (Wildman–Crippen LogP) is 2.44. The van der Waals surface area contributed by atoms with Gasteiger partial charge in [-0.3, -0.25) is 0 Å². The molecule has 122 valence electrons. The molecule has 0 bridgehead atoms. The second-order valence-corrected chi connectivity index (χ2v) is 6.13. The molecule has 0 N–H and O–H groups in total. The number of fused-ring (bicyclic) bond motifs is 1. The maximum absolute atomic E-state index is 4.58. The van der Waals surface area contributed by atoms with Gasteiger partial charge in [-0.15, -0.1) is 5.10 Å². The van der Waals surface area contributed by atoms with Gasteiger partial charge in [-0.25, -0.2) is 9.97 Å². The first-order valence-corrected chi connectivity index (χ1v) is 8.30. The van der Waals surface area contributed by atoms with E-state index in [0.717, 1.165) is 55.1 Å². The minimum Gasteiger partial charge on any atom is -0.354 e. The molecular weight excluding hydrogens is 300 g/mol. The topological polar surface area (TPSA) is 58.0 Å². The van der Waals surface area contributed by atoms with Gasteiger partial charge in [0.05, 0.1) is 5.52 Å². The zero-order valence-corrected chi connectivity index (χ0v) is 13.8. The highest BCUT2D eigenvalue weighted by Crippen LogP contribution is 2.25. The van der Waals surface area contributed by atoms with Crippen molar-refractivity contribution in [2.24, 2.45) is 0 Å². The van der Waals surface area contributed by atoms with E-state index in [9.17, 15) is 0 Å². The van der Waals surface area contributed by atoms with Crippen LogP contribution in [0.4, 0.5) is 11.6 Å². The standard InChI is InChI=1S/C18H20N6/c1-14-5-6-16-15(12-14)18(20-13-19-16)24-9-3-8-23(10-11-24)17-4-2-7-21-22-17/h2,4-7,12-13H,3,8-11H2,1H3. The van der Waals surface area contributed by atoms with Crippen molar-refractivity contribution in [2.45, 2.75) is 13.3 Å². The van der Waals surface area contributed by atoms with Crippen molar-refractivity contribution in [3.63, 3.8) is 0 Å². The maximum Gasteiger partial charge on any atom is 0.151 e. The summed E-state index contributed by atoms with van der Waals surface area (Å²) in [5.41, 5.74) is 2.23. The Morgan fingerprint density at radius 3 is 2.71 bits per heavy atom. The molecule has 1 aliphatic heterocycles. The molecule has 0 amide bonds. The van der Waals surface area contributed by atoms with Gasteiger partial charge in [0.1, 0.15) is 12.1 Å². The fourth-order valence-electron chi connectivity index (χ4n) is 3.23. The number of hydrogen-bond acceptors (Lipinski definition) is 6. The van der Waals surface area contributed by atoms with Crippen LogP contribution in [0.2, 0.25) is 0 Å². The van der Waals surface area contributed by atoms with Crippen molar-refractivity contribution >= 4 is 22.5 Å². The van der Waals surface area contributed by atoms with Gasteiger partial charge in [0, 0.05) is 37.8 Å². The van der Waals surface area contributed by atoms with E-state index in [-0.39, 0.29) is 0 Å². The normalized spacial score (nSPS) is 15.5. The molecule has 2 aromatic heterocycles. The Bertz CT molecular complexity index is 835. The lowest BCUT2D eigenvalue weighted by Crippen LogP contribution is -2.31. The van der Waals surface area contributed by atoms with E-state index in [1.807, 2.05) is 12.1 Å². The molecule has 6 nitrogen and oxygen atoms in total. The molecule has 0 atom stereocenters. The molecule has 1 aromatic carbocycles. The smallest absolute Gasteiger partial charge is 0.151 e. The monoisotopic (exact) mass is 320 g/mol. The van der Waals surface area contributed by atoms with Crippen LogP contribution in [0.5, 0.6) is 0 Å². The number of rotatable bonds is 2. The summed E-state index contributed by atoms with van der Waals surface area (Å²) in [6, 6.07) is 10.3. The molecule has 24 heavy (non-hydrogen) atoms. The Morgan fingerprint density at radius 2 is 1.83 bits per heavy atom. The Labute approximate surface area is 141 Å². The highest BCUT2D eigenvalue weighted by Gasteiger charge is 2.19. The molecule has 0 spiro atoms. The fraction of sp³-hybridized carbons (Fsp3) is 0.333. The molecule has 3 aromatic rings. The van der Waals surface area contributed by atoms with E-state index in [2.05, 4.69) is 55.1 Å². The zero-order chi connectivity index (χ0) is 16.4. The SMILES string of the molecule is Cc1ccc2ncnc(N3CCCN(c4cccnn4)CC3)c2c1. The molecule has 0 aliphatic carbocycles. The largest absolute Gasteiger partial charge is 0.354 e. The third-order valence-electron chi connectivity index (χ3n) is 4.45. The van der Waals surface area contributed by atoms with Crippen molar-refractivity contribution in [2.75, 3.05) is 36.0 Å². The second-order valence-electron chi connectivity index (χ2n) is 6.13. The van der Waals surface area contributed by atoms with E-state index < -0.39 is 0 Å². The van der Waals surface area contributed by atoms with E-state index in [0.29, 0.717) is 0 Å². The highest BCUT2D eigenvalue weighted by atomic mass is 15.3. The summed E-state index contributed by atoms with van der Waals surface area (Å²) in [6.45, 7) is 5.90. The van der Waals surface area contributed by atoms with Crippen LogP contribution in [-0.2, 0) is 0 Å². The molecule has 0 radical (unpaired) electrons. The lowest BCUT2D eigenvalue weighted by Gasteiger charge is -2.24. The van der Waals surface area contributed by atoms with E-state index in [1.165, 1.54) is 5.56 Å². The molecule has 6 heteroatoms. The molecule has 1 fully saturated rings. The zero-order valence-electron chi connectivity index (χ0n) is 13.8. The quantitative estimate of drug-likeness (QED) is 0.723. The molecule has 0 unspecified atom stereocenters. The Balaban J connectivity index is 1.61. The molecule has 1 saturated heterocycles. The third-order valence-corrected chi connectivity index (χ3v) is 4.45. The van der Waals surface area contributed by atoms with Gasteiger partial charge < -0.3 is 9.80 Å². The van der Waals surface area contributed by atoms with Crippen molar-refractivity contribution in [3.05, 3.63) is 48.4 Å². The first-order valence-electron chi connectivity index (χ1n) is 8.30. The van der Waals surface area contributed by atoms with Crippen molar-refractivity contribution in [3.8, 4) is 0 Å². The van der Waals surface area contributed by atoms with Crippen LogP contribution < -0.4 is 9.80 Å². The number of nitrogens with zero attached hydrogens (tertiary/aromatic N) is 6. The second kappa shape index (κ2) is 6.39. The predicted molar refractivity (Wildman–Crippen MR) is 95.4 cm³/mol. The van der Waals surface area contributed by atoms with E-state index >= 15 is 0 Å². The van der Waals surface area contributed by atoms with Crippen LogP contribution in [0.3, 0.4) is 0 Å². The summed E-state index contributed by atoms with van der Waals surface area (Å²) < 4.78 is 0. The fourth-order valence-corrected chi connectivity index (χ4v) is 3.23. The van der Waals surface area contributed by atoms with Crippen LogP contribution >= 0.6 is 0 Å². The maximum atomic E-state index is 4.58. The van der Waals surface area contributed by atoms with Gasteiger partial charge in [0.25, 0.3) is 0 Å². The van der Waals surface area contributed by atoms with Gasteiger partial charge in [-0.05, 0) is 37.6 Å². The molecule has 0 saturated carbocycles. The third kappa shape index (κ3) is 2.87. The van der Waals surface area contributed by atoms with Gasteiger partial charge >= 0.3 is 0 Å². The number of benzene rings is 1. The number of aromatic nitrogens is 4. The Morgan fingerprint density at radius 1 is 0.958 bits per heavy atom. The summed E-state index contributed by atoms with van der Waals surface area (Å²) in [6.07, 6.45) is 4.44. The van der Waals surface area contributed by atoms with Crippen LogP contribution in [-0.4, -0.2) is 46.3 Å². The average molecular weight is 320 g/mol. The number of aryl methyl sites for hydroxylation is 1. The number of hydrogen-bond donors (Lipinski definition) is 0. The van der Waals surface area contributed by atoms with Crippen LogP contribution in [0.15, 0.2) is 42.9 Å².